The third kappa shape index (κ3) is 4.23. The van der Waals surface area contributed by atoms with Crippen LogP contribution < -0.4 is 4.74 Å². The minimum absolute atomic E-state index is 0.223. The predicted octanol–water partition coefficient (Wildman–Crippen LogP) is 6.25. The van der Waals surface area contributed by atoms with E-state index in [0.717, 1.165) is 33.6 Å². The zero-order valence-corrected chi connectivity index (χ0v) is 19.2. The number of carbonyl (C=O) groups excluding carboxylic acids is 1. The van der Waals surface area contributed by atoms with E-state index in [1.807, 2.05) is 73.8 Å². The highest BCUT2D eigenvalue weighted by molar-refractivity contribution is 5.99. The van der Waals surface area contributed by atoms with Gasteiger partial charge in [0.05, 0.1) is 19.2 Å². The van der Waals surface area contributed by atoms with Gasteiger partial charge in [-0.2, -0.15) is 0 Å². The number of aliphatic imine (C=N–C) groups is 1. The van der Waals surface area contributed by atoms with Gasteiger partial charge in [0.1, 0.15) is 11.9 Å². The molecule has 4 heteroatoms. The minimum atomic E-state index is -0.337. The van der Waals surface area contributed by atoms with Crippen LogP contribution in [0, 0.1) is 6.92 Å². The summed E-state index contributed by atoms with van der Waals surface area (Å²) in [6, 6.07) is 28.4. The molecule has 4 aromatic carbocycles. The van der Waals surface area contributed by atoms with E-state index < -0.39 is 0 Å². The molecule has 0 fully saturated rings. The van der Waals surface area contributed by atoms with Gasteiger partial charge in [-0.25, -0.2) is 4.79 Å². The molecule has 5 rings (SSSR count). The Labute approximate surface area is 199 Å². The molecule has 34 heavy (non-hydrogen) atoms. The van der Waals surface area contributed by atoms with Gasteiger partial charge >= 0.3 is 5.97 Å². The summed E-state index contributed by atoms with van der Waals surface area (Å²) in [6.07, 6.45) is 3.79. The zero-order chi connectivity index (χ0) is 23.5. The lowest BCUT2D eigenvalue weighted by molar-refractivity contribution is 0.0600. The fraction of sp³-hybridized carbons (Fsp3) is 0.133. The third-order valence-electron chi connectivity index (χ3n) is 6.10. The van der Waals surface area contributed by atoms with Crippen LogP contribution in [0.4, 0.5) is 0 Å². The standard InChI is InChI=1S/C30H25NO3/c1-20-14-15-22(16-27(20)30(32)33-2)28-17-24(34-29-13-6-5-12-26(28)29)19-31-18-23-10-7-9-21-8-3-4-11-25(21)23/h3-18,24H,19H2,1-2H3/t24-/m1/s1. The average Bonchev–Trinajstić information content (AvgIpc) is 2.88. The van der Waals surface area contributed by atoms with Crippen molar-refractivity contribution in [3.63, 3.8) is 0 Å². The molecule has 4 aromatic rings. The molecule has 0 N–H and O–H groups in total. The van der Waals surface area contributed by atoms with Gasteiger partial charge in [-0.3, -0.25) is 4.99 Å². The van der Waals surface area contributed by atoms with Gasteiger partial charge in [-0.1, -0.05) is 72.8 Å². The molecule has 0 saturated carbocycles. The van der Waals surface area contributed by atoms with Crippen molar-refractivity contribution in [2.75, 3.05) is 13.7 Å². The second-order valence-electron chi connectivity index (χ2n) is 8.32. The number of benzene rings is 4. The third-order valence-corrected chi connectivity index (χ3v) is 6.10. The van der Waals surface area contributed by atoms with E-state index in [4.69, 9.17) is 14.5 Å². The van der Waals surface area contributed by atoms with E-state index in [1.54, 1.807) is 0 Å². The second-order valence-corrected chi connectivity index (χ2v) is 8.32. The second kappa shape index (κ2) is 9.36. The molecule has 0 saturated heterocycles. The highest BCUT2D eigenvalue weighted by Crippen LogP contribution is 2.36. The minimum Gasteiger partial charge on any atom is -0.484 e. The number of ether oxygens (including phenoxy) is 2. The van der Waals surface area contributed by atoms with Crippen molar-refractivity contribution in [2.45, 2.75) is 13.0 Å². The lowest BCUT2D eigenvalue weighted by atomic mass is 9.91. The summed E-state index contributed by atoms with van der Waals surface area (Å²) in [6.45, 7) is 2.39. The van der Waals surface area contributed by atoms with Crippen LogP contribution in [0.3, 0.4) is 0 Å². The van der Waals surface area contributed by atoms with E-state index in [1.165, 1.54) is 17.9 Å². The highest BCUT2D eigenvalue weighted by Gasteiger charge is 2.22. The lowest BCUT2D eigenvalue weighted by Gasteiger charge is -2.25. The summed E-state index contributed by atoms with van der Waals surface area (Å²) in [4.78, 5) is 17.0. The molecule has 0 radical (unpaired) electrons. The number of fused-ring (bicyclic) bond motifs is 2. The van der Waals surface area contributed by atoms with Crippen LogP contribution in [0.1, 0.15) is 32.6 Å². The molecule has 1 heterocycles. The van der Waals surface area contributed by atoms with Crippen molar-refractivity contribution < 1.29 is 14.3 Å². The van der Waals surface area contributed by atoms with E-state index in [-0.39, 0.29) is 12.1 Å². The topological polar surface area (TPSA) is 47.9 Å². The lowest BCUT2D eigenvalue weighted by Crippen LogP contribution is -2.22. The van der Waals surface area contributed by atoms with Crippen molar-refractivity contribution >= 4 is 28.5 Å². The summed E-state index contributed by atoms with van der Waals surface area (Å²) in [5.41, 5.74) is 5.50. The number of hydrogen-bond donors (Lipinski definition) is 0. The Morgan fingerprint density at radius 2 is 1.79 bits per heavy atom. The fourth-order valence-corrected chi connectivity index (χ4v) is 4.34. The van der Waals surface area contributed by atoms with Crippen LogP contribution in [-0.2, 0) is 4.74 Å². The van der Waals surface area contributed by atoms with Gasteiger partial charge in [0.15, 0.2) is 0 Å². The summed E-state index contributed by atoms with van der Waals surface area (Å²) in [5, 5.41) is 2.37. The molecule has 0 amide bonds. The molecule has 0 spiro atoms. The first-order valence-corrected chi connectivity index (χ1v) is 11.3. The van der Waals surface area contributed by atoms with Crippen molar-refractivity contribution in [3.05, 3.63) is 119 Å². The molecule has 1 aliphatic rings. The number of aryl methyl sites for hydroxylation is 1. The van der Waals surface area contributed by atoms with Gasteiger partial charge in [-0.05, 0) is 52.6 Å². The Hall–Kier alpha value is -4.18. The molecular weight excluding hydrogens is 422 g/mol. The summed E-state index contributed by atoms with van der Waals surface area (Å²) in [5.74, 6) is 0.474. The Bertz CT molecular complexity index is 1430. The average molecular weight is 448 g/mol. The number of carbonyl (C=O) groups is 1. The van der Waals surface area contributed by atoms with Crippen molar-refractivity contribution in [1.29, 1.82) is 0 Å². The Morgan fingerprint density at radius 3 is 2.68 bits per heavy atom. The molecule has 168 valence electrons. The summed E-state index contributed by atoms with van der Waals surface area (Å²) in [7, 11) is 1.40. The zero-order valence-electron chi connectivity index (χ0n) is 19.2. The van der Waals surface area contributed by atoms with Gasteiger partial charge < -0.3 is 9.47 Å². The number of hydrogen-bond acceptors (Lipinski definition) is 4. The van der Waals surface area contributed by atoms with E-state index >= 15 is 0 Å². The van der Waals surface area contributed by atoms with E-state index in [2.05, 4.69) is 30.3 Å². The van der Waals surface area contributed by atoms with E-state index in [9.17, 15) is 4.79 Å². The Balaban J connectivity index is 1.47. The summed E-state index contributed by atoms with van der Waals surface area (Å²) >= 11 is 0. The maximum atomic E-state index is 12.3. The first-order valence-electron chi connectivity index (χ1n) is 11.3. The summed E-state index contributed by atoms with van der Waals surface area (Å²) < 4.78 is 11.2. The number of rotatable bonds is 5. The Morgan fingerprint density at radius 1 is 1.00 bits per heavy atom. The predicted molar refractivity (Wildman–Crippen MR) is 137 cm³/mol. The largest absolute Gasteiger partial charge is 0.484 e. The van der Waals surface area contributed by atoms with Crippen LogP contribution in [0.5, 0.6) is 5.75 Å². The number of nitrogens with zero attached hydrogens (tertiary/aromatic N) is 1. The van der Waals surface area contributed by atoms with Gasteiger partial charge in [0.25, 0.3) is 0 Å². The van der Waals surface area contributed by atoms with Crippen LogP contribution in [-0.4, -0.2) is 31.9 Å². The number of esters is 1. The van der Waals surface area contributed by atoms with Crippen LogP contribution in [0.15, 0.2) is 96.0 Å². The SMILES string of the molecule is COC(=O)c1cc(C2=C[C@H](CN=Cc3cccc4ccccc34)Oc3ccccc32)ccc1C. The van der Waals surface area contributed by atoms with E-state index in [0.29, 0.717) is 12.1 Å². The molecule has 0 unspecified atom stereocenters. The first-order chi connectivity index (χ1) is 16.6. The molecule has 0 aliphatic carbocycles. The van der Waals surface area contributed by atoms with Gasteiger partial charge in [0, 0.05) is 17.3 Å². The molecule has 1 aliphatic heterocycles. The van der Waals surface area contributed by atoms with Crippen LogP contribution >= 0.6 is 0 Å². The smallest absolute Gasteiger partial charge is 0.338 e. The van der Waals surface area contributed by atoms with Crippen molar-refractivity contribution in [1.82, 2.24) is 0 Å². The van der Waals surface area contributed by atoms with Gasteiger partial charge in [0.2, 0.25) is 0 Å². The number of para-hydroxylation sites is 1. The van der Waals surface area contributed by atoms with Crippen molar-refractivity contribution in [3.8, 4) is 5.75 Å². The molecule has 0 bridgehead atoms. The van der Waals surface area contributed by atoms with Crippen LogP contribution in [0.25, 0.3) is 16.3 Å². The molecule has 1 atom stereocenters. The Kier molecular flexibility index (Phi) is 5.96. The maximum Gasteiger partial charge on any atom is 0.338 e. The molecule has 0 aromatic heterocycles. The van der Waals surface area contributed by atoms with Gasteiger partial charge in [-0.15, -0.1) is 0 Å². The molecule has 4 nitrogen and oxygen atoms in total. The fourth-order valence-electron chi connectivity index (χ4n) is 4.34. The van der Waals surface area contributed by atoms with Crippen LogP contribution in [0.2, 0.25) is 0 Å². The highest BCUT2D eigenvalue weighted by atomic mass is 16.5. The maximum absolute atomic E-state index is 12.3. The number of methoxy groups -OCH3 is 1. The molecular formula is C30H25NO3. The monoisotopic (exact) mass is 447 g/mol. The normalized spacial score (nSPS) is 15.0. The first kappa shape index (κ1) is 21.7. The van der Waals surface area contributed by atoms with Crippen molar-refractivity contribution in [2.24, 2.45) is 4.99 Å². The quantitative estimate of drug-likeness (QED) is 0.268.